The van der Waals surface area contributed by atoms with Crippen LogP contribution in [0.15, 0.2) is 42.5 Å². The molecule has 0 aliphatic carbocycles. The first kappa shape index (κ1) is 15.7. The SMILES string of the molecule is CC(Nc1ccc([N+](=O)[O-])cc1[N+](=O)[O-])c1ccc(Cl)cc1. The molecule has 0 radical (unpaired) electrons. The average Bonchev–Trinajstić information content (AvgIpc) is 2.47. The molecule has 0 aromatic heterocycles. The number of halogens is 1. The molecule has 114 valence electrons. The Hall–Kier alpha value is -2.67. The van der Waals surface area contributed by atoms with Gasteiger partial charge in [-0.2, -0.15) is 0 Å². The van der Waals surface area contributed by atoms with Gasteiger partial charge in [0, 0.05) is 17.1 Å². The summed E-state index contributed by atoms with van der Waals surface area (Å²) in [7, 11) is 0. The number of hydrogen-bond donors (Lipinski definition) is 1. The Morgan fingerprint density at radius 3 is 2.23 bits per heavy atom. The number of nitrogens with one attached hydrogen (secondary N) is 1. The van der Waals surface area contributed by atoms with Gasteiger partial charge in [-0.05, 0) is 30.7 Å². The van der Waals surface area contributed by atoms with E-state index in [9.17, 15) is 20.2 Å². The molecule has 0 saturated heterocycles. The van der Waals surface area contributed by atoms with Gasteiger partial charge in [-0.3, -0.25) is 20.2 Å². The van der Waals surface area contributed by atoms with Crippen LogP contribution in [-0.2, 0) is 0 Å². The Bertz CT molecular complexity index is 719. The molecular formula is C14H12ClN3O4. The molecule has 0 saturated carbocycles. The second-order valence-electron chi connectivity index (χ2n) is 4.63. The number of rotatable bonds is 5. The zero-order chi connectivity index (χ0) is 16.3. The highest BCUT2D eigenvalue weighted by molar-refractivity contribution is 6.30. The van der Waals surface area contributed by atoms with Crippen molar-refractivity contribution >= 4 is 28.7 Å². The van der Waals surface area contributed by atoms with Gasteiger partial charge in [0.15, 0.2) is 0 Å². The van der Waals surface area contributed by atoms with Gasteiger partial charge in [0.2, 0.25) is 0 Å². The first-order valence-corrected chi connectivity index (χ1v) is 6.71. The van der Waals surface area contributed by atoms with E-state index in [1.165, 1.54) is 12.1 Å². The van der Waals surface area contributed by atoms with Crippen LogP contribution in [0.1, 0.15) is 18.5 Å². The Morgan fingerprint density at radius 2 is 1.68 bits per heavy atom. The summed E-state index contributed by atoms with van der Waals surface area (Å²) < 4.78 is 0. The summed E-state index contributed by atoms with van der Waals surface area (Å²) in [5, 5.41) is 25.4. The third-order valence-corrected chi connectivity index (χ3v) is 3.38. The highest BCUT2D eigenvalue weighted by Gasteiger charge is 2.20. The third kappa shape index (κ3) is 3.50. The molecule has 0 bridgehead atoms. The fraction of sp³-hybridized carbons (Fsp3) is 0.143. The Morgan fingerprint density at radius 1 is 1.05 bits per heavy atom. The molecule has 0 aliphatic rings. The van der Waals surface area contributed by atoms with Crippen LogP contribution in [0.2, 0.25) is 5.02 Å². The van der Waals surface area contributed by atoms with Crippen LogP contribution < -0.4 is 5.32 Å². The first-order valence-electron chi connectivity index (χ1n) is 6.33. The minimum atomic E-state index is -0.667. The summed E-state index contributed by atoms with van der Waals surface area (Å²) in [5.74, 6) is 0. The molecule has 0 aliphatic heterocycles. The van der Waals surface area contributed by atoms with E-state index in [1.54, 1.807) is 24.3 Å². The Balaban J connectivity index is 2.30. The molecule has 7 nitrogen and oxygen atoms in total. The second kappa shape index (κ2) is 6.40. The van der Waals surface area contributed by atoms with Crippen molar-refractivity contribution in [3.63, 3.8) is 0 Å². The van der Waals surface area contributed by atoms with Crippen molar-refractivity contribution in [2.45, 2.75) is 13.0 Å². The Labute approximate surface area is 130 Å². The summed E-state index contributed by atoms with van der Waals surface area (Å²) in [6, 6.07) is 10.3. The maximum Gasteiger partial charge on any atom is 0.299 e. The smallest absolute Gasteiger partial charge is 0.299 e. The molecule has 1 N–H and O–H groups in total. The van der Waals surface area contributed by atoms with Gasteiger partial charge in [0.05, 0.1) is 15.9 Å². The third-order valence-electron chi connectivity index (χ3n) is 3.13. The van der Waals surface area contributed by atoms with E-state index in [-0.39, 0.29) is 23.1 Å². The van der Waals surface area contributed by atoms with Crippen molar-refractivity contribution in [1.29, 1.82) is 0 Å². The van der Waals surface area contributed by atoms with Crippen LogP contribution >= 0.6 is 11.6 Å². The number of non-ortho nitro benzene ring substituents is 1. The molecule has 22 heavy (non-hydrogen) atoms. The lowest BCUT2D eigenvalue weighted by atomic mass is 10.1. The lowest BCUT2D eigenvalue weighted by Crippen LogP contribution is -2.08. The van der Waals surface area contributed by atoms with Gasteiger partial charge in [-0.25, -0.2) is 0 Å². The van der Waals surface area contributed by atoms with Crippen molar-refractivity contribution in [3.8, 4) is 0 Å². The number of nitro benzene ring substituents is 2. The predicted molar refractivity (Wildman–Crippen MR) is 83.2 cm³/mol. The zero-order valence-corrected chi connectivity index (χ0v) is 12.3. The largest absolute Gasteiger partial charge is 0.373 e. The molecule has 8 heteroatoms. The molecule has 0 spiro atoms. The predicted octanol–water partition coefficient (Wildman–Crippen LogP) is 4.33. The quantitative estimate of drug-likeness (QED) is 0.652. The fourth-order valence-electron chi connectivity index (χ4n) is 1.97. The number of hydrogen-bond acceptors (Lipinski definition) is 5. The van der Waals surface area contributed by atoms with E-state index < -0.39 is 9.85 Å². The molecular weight excluding hydrogens is 310 g/mol. The maximum atomic E-state index is 11.1. The number of anilines is 1. The number of nitrogens with zero attached hydrogens (tertiary/aromatic N) is 2. The molecule has 2 aromatic rings. The summed E-state index contributed by atoms with van der Waals surface area (Å²) in [5.41, 5.74) is 0.446. The van der Waals surface area contributed by atoms with E-state index in [0.717, 1.165) is 11.6 Å². The second-order valence-corrected chi connectivity index (χ2v) is 5.07. The molecule has 2 aromatic carbocycles. The van der Waals surface area contributed by atoms with Crippen LogP contribution in [0.25, 0.3) is 0 Å². The standard InChI is InChI=1S/C14H12ClN3O4/c1-9(10-2-4-11(15)5-3-10)16-13-7-6-12(17(19)20)8-14(13)18(21)22/h2-9,16H,1H3. The topological polar surface area (TPSA) is 98.3 Å². The monoisotopic (exact) mass is 321 g/mol. The van der Waals surface area contributed by atoms with Crippen molar-refractivity contribution in [2.75, 3.05) is 5.32 Å². The van der Waals surface area contributed by atoms with Crippen molar-refractivity contribution in [1.82, 2.24) is 0 Å². The zero-order valence-electron chi connectivity index (χ0n) is 11.5. The molecule has 0 amide bonds. The molecule has 0 heterocycles. The van der Waals surface area contributed by atoms with Gasteiger partial charge in [-0.1, -0.05) is 23.7 Å². The van der Waals surface area contributed by atoms with Gasteiger partial charge in [0.25, 0.3) is 11.4 Å². The van der Waals surface area contributed by atoms with E-state index in [4.69, 9.17) is 11.6 Å². The summed E-state index contributed by atoms with van der Waals surface area (Å²) in [4.78, 5) is 20.5. The summed E-state index contributed by atoms with van der Waals surface area (Å²) >= 11 is 5.82. The van der Waals surface area contributed by atoms with Crippen molar-refractivity contribution < 1.29 is 9.85 Å². The van der Waals surface area contributed by atoms with Crippen LogP contribution in [0, 0.1) is 20.2 Å². The van der Waals surface area contributed by atoms with Crippen LogP contribution in [0.3, 0.4) is 0 Å². The fourth-order valence-corrected chi connectivity index (χ4v) is 2.10. The van der Waals surface area contributed by atoms with Crippen molar-refractivity contribution in [3.05, 3.63) is 73.3 Å². The van der Waals surface area contributed by atoms with Crippen LogP contribution in [-0.4, -0.2) is 9.85 Å². The normalized spacial score (nSPS) is 11.7. The molecule has 1 atom stereocenters. The van der Waals surface area contributed by atoms with E-state index in [1.807, 2.05) is 6.92 Å². The lowest BCUT2D eigenvalue weighted by Gasteiger charge is -2.15. The van der Waals surface area contributed by atoms with Crippen molar-refractivity contribution in [2.24, 2.45) is 0 Å². The van der Waals surface area contributed by atoms with E-state index in [0.29, 0.717) is 5.02 Å². The van der Waals surface area contributed by atoms with Crippen LogP contribution in [0.4, 0.5) is 17.1 Å². The van der Waals surface area contributed by atoms with Gasteiger partial charge in [0.1, 0.15) is 5.69 Å². The number of benzene rings is 2. The molecule has 0 fully saturated rings. The summed E-state index contributed by atoms with van der Waals surface area (Å²) in [6.07, 6.45) is 0. The van der Waals surface area contributed by atoms with E-state index in [2.05, 4.69) is 5.32 Å². The Kier molecular flexibility index (Phi) is 4.57. The highest BCUT2D eigenvalue weighted by atomic mass is 35.5. The summed E-state index contributed by atoms with van der Waals surface area (Å²) in [6.45, 7) is 1.83. The average molecular weight is 322 g/mol. The highest BCUT2D eigenvalue weighted by Crippen LogP contribution is 2.31. The van der Waals surface area contributed by atoms with E-state index >= 15 is 0 Å². The van der Waals surface area contributed by atoms with Gasteiger partial charge in [-0.15, -0.1) is 0 Å². The lowest BCUT2D eigenvalue weighted by molar-refractivity contribution is -0.393. The molecule has 1 unspecified atom stereocenters. The van der Waals surface area contributed by atoms with Gasteiger partial charge >= 0.3 is 0 Å². The first-order chi connectivity index (χ1) is 10.4. The van der Waals surface area contributed by atoms with Crippen LogP contribution in [0.5, 0.6) is 0 Å². The minimum absolute atomic E-state index is 0.220. The maximum absolute atomic E-state index is 11.1. The number of nitro groups is 2. The molecule has 2 rings (SSSR count). The minimum Gasteiger partial charge on any atom is -0.373 e. The van der Waals surface area contributed by atoms with Gasteiger partial charge < -0.3 is 5.32 Å².